The molecule has 5 N–H and O–H groups in total. The number of nitrogens with zero attached hydrogens (tertiary/aromatic N) is 2. The molecule has 8 heteroatoms. The molecule has 2 unspecified atom stereocenters. The number of fused-ring (bicyclic) bond motifs is 1. The minimum absolute atomic E-state index is 0.105. The van der Waals surface area contributed by atoms with E-state index >= 15 is 0 Å². The quantitative estimate of drug-likeness (QED) is 0.238. The Bertz CT molecular complexity index is 1400. The van der Waals surface area contributed by atoms with E-state index in [0.29, 0.717) is 11.3 Å². The zero-order valence-electron chi connectivity index (χ0n) is 19.6. The normalized spacial score (nSPS) is 16.8. The summed E-state index contributed by atoms with van der Waals surface area (Å²) in [5.74, 6) is -0.265. The predicted molar refractivity (Wildman–Crippen MR) is 137 cm³/mol. The van der Waals surface area contributed by atoms with E-state index in [0.717, 1.165) is 64.9 Å². The number of benzene rings is 2. The number of hydrogen-bond acceptors (Lipinski definition) is 5. The summed E-state index contributed by atoms with van der Waals surface area (Å²) in [6.07, 6.45) is 4.85. The number of aromatic amines is 1. The highest BCUT2D eigenvalue weighted by molar-refractivity contribution is 6.03. The van der Waals surface area contributed by atoms with Gasteiger partial charge in [0.1, 0.15) is 6.23 Å². The van der Waals surface area contributed by atoms with Crippen LogP contribution in [0.4, 0.5) is 5.69 Å². The van der Waals surface area contributed by atoms with E-state index in [9.17, 15) is 9.90 Å². The first kappa shape index (κ1) is 23.0. The molecule has 0 bridgehead atoms. The third kappa shape index (κ3) is 4.27. The van der Waals surface area contributed by atoms with Gasteiger partial charge in [-0.25, -0.2) is 4.68 Å². The SMILES string of the molecule is C=CC(=O)Nc1cccc(-c2ccc(C(N)O)c3[nH]c(-c4ccnn4C4CCCCO4)cc23)c1C. The van der Waals surface area contributed by atoms with E-state index in [1.807, 2.05) is 48.0 Å². The molecule has 0 aliphatic carbocycles. The van der Waals surface area contributed by atoms with Gasteiger partial charge in [0, 0.05) is 29.4 Å². The predicted octanol–water partition coefficient (Wildman–Crippen LogP) is 4.78. The Morgan fingerprint density at radius 2 is 2.17 bits per heavy atom. The topological polar surface area (TPSA) is 118 Å². The summed E-state index contributed by atoms with van der Waals surface area (Å²) in [6, 6.07) is 13.6. The zero-order chi connectivity index (χ0) is 24.5. The summed E-state index contributed by atoms with van der Waals surface area (Å²) < 4.78 is 7.88. The van der Waals surface area contributed by atoms with Gasteiger partial charge in [-0.2, -0.15) is 5.10 Å². The lowest BCUT2D eigenvalue weighted by Crippen LogP contribution is -2.19. The zero-order valence-corrected chi connectivity index (χ0v) is 19.6. The largest absolute Gasteiger partial charge is 0.374 e. The summed E-state index contributed by atoms with van der Waals surface area (Å²) in [5.41, 5.74) is 12.6. The van der Waals surface area contributed by atoms with E-state index < -0.39 is 6.23 Å². The molecule has 180 valence electrons. The molecule has 1 saturated heterocycles. The van der Waals surface area contributed by atoms with Crippen molar-refractivity contribution >= 4 is 22.5 Å². The number of aliphatic hydroxyl groups excluding tert-OH is 1. The summed E-state index contributed by atoms with van der Waals surface area (Å²) in [7, 11) is 0. The van der Waals surface area contributed by atoms with E-state index in [1.54, 1.807) is 6.20 Å². The average Bonchev–Trinajstić information content (AvgIpc) is 3.53. The number of aliphatic hydroxyl groups is 1. The van der Waals surface area contributed by atoms with Gasteiger partial charge in [-0.1, -0.05) is 30.8 Å². The number of carbonyl (C=O) groups is 1. The molecule has 2 aromatic heterocycles. The highest BCUT2D eigenvalue weighted by atomic mass is 16.5. The van der Waals surface area contributed by atoms with Gasteiger partial charge in [-0.3, -0.25) is 4.79 Å². The van der Waals surface area contributed by atoms with Crippen LogP contribution in [0.3, 0.4) is 0 Å². The number of amides is 1. The molecule has 4 aromatic rings. The van der Waals surface area contributed by atoms with E-state index in [4.69, 9.17) is 10.5 Å². The maximum absolute atomic E-state index is 11.9. The highest BCUT2D eigenvalue weighted by Crippen LogP contribution is 2.39. The molecular formula is C27H29N5O3. The maximum Gasteiger partial charge on any atom is 0.247 e. The van der Waals surface area contributed by atoms with Crippen LogP contribution in [0.5, 0.6) is 0 Å². The number of aromatic nitrogens is 3. The minimum atomic E-state index is -1.14. The number of nitrogens with two attached hydrogens (primary N) is 1. The average molecular weight is 472 g/mol. The van der Waals surface area contributed by atoms with Gasteiger partial charge in [0.15, 0.2) is 6.23 Å². The summed E-state index contributed by atoms with van der Waals surface area (Å²) in [5, 5.41) is 18.6. The van der Waals surface area contributed by atoms with Crippen LogP contribution in [0, 0.1) is 6.92 Å². The number of H-pyrrole nitrogens is 1. The van der Waals surface area contributed by atoms with Crippen molar-refractivity contribution in [1.82, 2.24) is 14.8 Å². The van der Waals surface area contributed by atoms with Crippen molar-refractivity contribution in [2.24, 2.45) is 5.73 Å². The van der Waals surface area contributed by atoms with Crippen LogP contribution < -0.4 is 11.1 Å². The van der Waals surface area contributed by atoms with Crippen molar-refractivity contribution in [3.63, 3.8) is 0 Å². The Kier molecular flexibility index (Phi) is 6.25. The van der Waals surface area contributed by atoms with Crippen molar-refractivity contribution in [3.05, 3.63) is 72.4 Å². The summed E-state index contributed by atoms with van der Waals surface area (Å²) >= 11 is 0. The van der Waals surface area contributed by atoms with Crippen molar-refractivity contribution in [1.29, 1.82) is 0 Å². The Morgan fingerprint density at radius 3 is 2.91 bits per heavy atom. The number of carbonyl (C=O) groups excluding carboxylic acids is 1. The molecular weight excluding hydrogens is 442 g/mol. The van der Waals surface area contributed by atoms with Gasteiger partial charge in [0.25, 0.3) is 0 Å². The van der Waals surface area contributed by atoms with Crippen molar-refractivity contribution in [2.45, 2.75) is 38.6 Å². The lowest BCUT2D eigenvalue weighted by atomic mass is 9.94. The molecule has 35 heavy (non-hydrogen) atoms. The van der Waals surface area contributed by atoms with Crippen LogP contribution in [-0.4, -0.2) is 32.4 Å². The van der Waals surface area contributed by atoms with Gasteiger partial charge in [-0.05, 0) is 67.2 Å². The number of hydrogen-bond donors (Lipinski definition) is 4. The van der Waals surface area contributed by atoms with Crippen LogP contribution in [0.15, 0.2) is 61.3 Å². The van der Waals surface area contributed by atoms with Crippen LogP contribution in [0.25, 0.3) is 33.4 Å². The van der Waals surface area contributed by atoms with Crippen LogP contribution >= 0.6 is 0 Å². The third-order valence-corrected chi connectivity index (χ3v) is 6.59. The molecule has 8 nitrogen and oxygen atoms in total. The van der Waals surface area contributed by atoms with Crippen molar-refractivity contribution in [3.8, 4) is 22.5 Å². The van der Waals surface area contributed by atoms with Crippen LogP contribution in [0.2, 0.25) is 0 Å². The number of ether oxygens (including phenoxy) is 1. The van der Waals surface area contributed by atoms with Crippen LogP contribution in [0.1, 0.15) is 42.8 Å². The number of rotatable bonds is 6. The van der Waals surface area contributed by atoms with Gasteiger partial charge >= 0.3 is 0 Å². The fraction of sp³-hybridized carbons (Fsp3) is 0.259. The molecule has 5 rings (SSSR count). The Hall–Kier alpha value is -3.72. The molecule has 3 heterocycles. The molecule has 1 amide bonds. The number of anilines is 1. The van der Waals surface area contributed by atoms with Gasteiger partial charge < -0.3 is 25.9 Å². The molecule has 2 atom stereocenters. The van der Waals surface area contributed by atoms with E-state index in [1.165, 1.54) is 6.08 Å². The lowest BCUT2D eigenvalue weighted by molar-refractivity contribution is -0.111. The van der Waals surface area contributed by atoms with E-state index in [2.05, 4.69) is 28.0 Å². The van der Waals surface area contributed by atoms with E-state index in [-0.39, 0.29) is 12.1 Å². The lowest BCUT2D eigenvalue weighted by Gasteiger charge is -2.24. The summed E-state index contributed by atoms with van der Waals surface area (Å²) in [6.45, 7) is 6.23. The minimum Gasteiger partial charge on any atom is -0.374 e. The van der Waals surface area contributed by atoms with Gasteiger partial charge in [0.05, 0.1) is 16.9 Å². The Morgan fingerprint density at radius 1 is 1.31 bits per heavy atom. The molecule has 2 aromatic carbocycles. The smallest absolute Gasteiger partial charge is 0.247 e. The second-order valence-corrected chi connectivity index (χ2v) is 8.77. The maximum atomic E-state index is 11.9. The second-order valence-electron chi connectivity index (χ2n) is 8.77. The third-order valence-electron chi connectivity index (χ3n) is 6.59. The molecule has 0 spiro atoms. The molecule has 0 saturated carbocycles. The van der Waals surface area contributed by atoms with Crippen molar-refractivity contribution in [2.75, 3.05) is 11.9 Å². The first-order chi connectivity index (χ1) is 17.0. The molecule has 1 aliphatic heterocycles. The van der Waals surface area contributed by atoms with Crippen LogP contribution in [-0.2, 0) is 9.53 Å². The first-order valence-corrected chi connectivity index (χ1v) is 11.8. The fourth-order valence-corrected chi connectivity index (χ4v) is 4.78. The first-order valence-electron chi connectivity index (χ1n) is 11.8. The van der Waals surface area contributed by atoms with Gasteiger partial charge in [0.2, 0.25) is 5.91 Å². The molecule has 1 aliphatic rings. The molecule has 0 radical (unpaired) electrons. The summed E-state index contributed by atoms with van der Waals surface area (Å²) in [4.78, 5) is 15.4. The monoisotopic (exact) mass is 471 g/mol. The Balaban J connectivity index is 1.66. The Labute approximate surface area is 203 Å². The standard InChI is InChI=1S/C27H29N5O3/c1-3-24(33)30-21-8-6-7-17(16(21)2)18-10-11-19(27(28)34)26-20(18)15-22(31-26)23-12-13-29-32(23)25-9-4-5-14-35-25/h3,6-8,10-13,15,25,27,31,34H,1,4-5,9,14,28H2,2H3,(H,30,33). The highest BCUT2D eigenvalue weighted by Gasteiger charge is 2.22. The number of nitrogens with one attached hydrogen (secondary N) is 2. The second kappa shape index (κ2) is 9.50. The molecule has 1 fully saturated rings. The fourth-order valence-electron chi connectivity index (χ4n) is 4.78. The van der Waals surface area contributed by atoms with Crippen molar-refractivity contribution < 1.29 is 14.6 Å². The van der Waals surface area contributed by atoms with Gasteiger partial charge in [-0.15, -0.1) is 0 Å².